The monoisotopic (exact) mass is 264 g/mol. The molecule has 0 atom stereocenters. The molecule has 3 aromatic rings. The molecule has 0 saturated heterocycles. The van der Waals surface area contributed by atoms with Crippen LogP contribution in [-0.2, 0) is 0 Å². The molecule has 3 nitrogen and oxygen atoms in total. The van der Waals surface area contributed by atoms with Gasteiger partial charge in [-0.25, -0.2) is 4.39 Å². The standard InChI is InChI=1S/C16H9FN2O/c17-13-4-5-15(19-10-13)14-6-7-20-16(14)12-3-1-2-11(8-12)9-18/h1-8,10H. The summed E-state index contributed by atoms with van der Waals surface area (Å²) in [5.74, 6) is 0.228. The van der Waals surface area contributed by atoms with Crippen molar-refractivity contribution in [3.63, 3.8) is 0 Å². The fourth-order valence-electron chi connectivity index (χ4n) is 2.00. The van der Waals surface area contributed by atoms with Crippen molar-refractivity contribution < 1.29 is 8.81 Å². The van der Waals surface area contributed by atoms with E-state index in [0.29, 0.717) is 17.0 Å². The fraction of sp³-hybridized carbons (Fsp3) is 0. The van der Waals surface area contributed by atoms with Gasteiger partial charge in [0.2, 0.25) is 0 Å². The van der Waals surface area contributed by atoms with E-state index in [9.17, 15) is 4.39 Å². The molecule has 0 saturated carbocycles. The van der Waals surface area contributed by atoms with Gasteiger partial charge < -0.3 is 4.42 Å². The van der Waals surface area contributed by atoms with Gasteiger partial charge in [0.1, 0.15) is 11.6 Å². The van der Waals surface area contributed by atoms with E-state index >= 15 is 0 Å². The number of hydrogen-bond donors (Lipinski definition) is 0. The van der Waals surface area contributed by atoms with Crippen molar-refractivity contribution in [2.75, 3.05) is 0 Å². The molecule has 0 unspecified atom stereocenters. The Morgan fingerprint density at radius 3 is 2.80 bits per heavy atom. The van der Waals surface area contributed by atoms with Gasteiger partial charge in [-0.1, -0.05) is 12.1 Å². The second kappa shape index (κ2) is 4.98. The summed E-state index contributed by atoms with van der Waals surface area (Å²) in [5.41, 5.74) is 2.73. The first-order chi connectivity index (χ1) is 9.78. The number of nitrogens with zero attached hydrogens (tertiary/aromatic N) is 2. The van der Waals surface area contributed by atoms with Gasteiger partial charge in [-0.3, -0.25) is 4.98 Å². The van der Waals surface area contributed by atoms with Crippen molar-refractivity contribution in [1.29, 1.82) is 5.26 Å². The zero-order valence-corrected chi connectivity index (χ0v) is 10.4. The topological polar surface area (TPSA) is 49.8 Å². The lowest BCUT2D eigenvalue weighted by atomic mass is 10.0. The van der Waals surface area contributed by atoms with Gasteiger partial charge in [-0.15, -0.1) is 0 Å². The minimum Gasteiger partial charge on any atom is -0.464 e. The molecule has 0 aliphatic carbocycles. The molecule has 0 aliphatic rings. The SMILES string of the molecule is N#Cc1cccc(-c2occc2-c2ccc(F)cn2)c1. The molecule has 0 fully saturated rings. The van der Waals surface area contributed by atoms with E-state index < -0.39 is 0 Å². The van der Waals surface area contributed by atoms with Gasteiger partial charge in [-0.05, 0) is 30.3 Å². The summed E-state index contributed by atoms with van der Waals surface area (Å²) in [7, 11) is 0. The Morgan fingerprint density at radius 2 is 2.05 bits per heavy atom. The van der Waals surface area contributed by atoms with Gasteiger partial charge in [0.05, 0.1) is 29.8 Å². The third kappa shape index (κ3) is 2.17. The summed E-state index contributed by atoms with van der Waals surface area (Å²) in [6.45, 7) is 0. The van der Waals surface area contributed by atoms with Crippen LogP contribution >= 0.6 is 0 Å². The Labute approximate surface area is 114 Å². The molecule has 0 spiro atoms. The van der Waals surface area contributed by atoms with Crippen molar-refractivity contribution in [2.24, 2.45) is 0 Å². The predicted molar refractivity (Wildman–Crippen MR) is 72.0 cm³/mol. The summed E-state index contributed by atoms with van der Waals surface area (Å²) < 4.78 is 18.4. The lowest BCUT2D eigenvalue weighted by Gasteiger charge is -2.03. The van der Waals surface area contributed by atoms with Gasteiger partial charge in [0.15, 0.2) is 0 Å². The fourth-order valence-corrected chi connectivity index (χ4v) is 2.00. The maximum atomic E-state index is 12.9. The Balaban J connectivity index is 2.10. The summed E-state index contributed by atoms with van der Waals surface area (Å²) >= 11 is 0. The van der Waals surface area contributed by atoms with Crippen LogP contribution in [0.4, 0.5) is 4.39 Å². The number of hydrogen-bond acceptors (Lipinski definition) is 3. The molecular weight excluding hydrogens is 255 g/mol. The molecule has 0 N–H and O–H groups in total. The van der Waals surface area contributed by atoms with E-state index in [-0.39, 0.29) is 5.82 Å². The molecule has 2 heterocycles. The van der Waals surface area contributed by atoms with Crippen LogP contribution in [0.15, 0.2) is 59.3 Å². The van der Waals surface area contributed by atoms with Crippen LogP contribution < -0.4 is 0 Å². The lowest BCUT2D eigenvalue weighted by molar-refractivity contribution is 0.583. The highest BCUT2D eigenvalue weighted by Gasteiger charge is 2.12. The van der Waals surface area contributed by atoms with Crippen LogP contribution in [0.5, 0.6) is 0 Å². The number of aromatic nitrogens is 1. The van der Waals surface area contributed by atoms with E-state index in [4.69, 9.17) is 9.68 Å². The van der Waals surface area contributed by atoms with Crippen LogP contribution in [0.1, 0.15) is 5.56 Å². The Hall–Kier alpha value is -2.93. The number of rotatable bonds is 2. The highest BCUT2D eigenvalue weighted by Crippen LogP contribution is 2.32. The molecular formula is C16H9FN2O. The van der Waals surface area contributed by atoms with Crippen LogP contribution in [0.25, 0.3) is 22.6 Å². The maximum Gasteiger partial charge on any atom is 0.143 e. The Bertz CT molecular complexity index is 785. The largest absolute Gasteiger partial charge is 0.464 e. The second-order valence-electron chi connectivity index (χ2n) is 4.22. The first-order valence-corrected chi connectivity index (χ1v) is 5.98. The van der Waals surface area contributed by atoms with Gasteiger partial charge >= 0.3 is 0 Å². The molecule has 20 heavy (non-hydrogen) atoms. The van der Waals surface area contributed by atoms with E-state index in [2.05, 4.69) is 11.1 Å². The van der Waals surface area contributed by atoms with Crippen molar-refractivity contribution >= 4 is 0 Å². The van der Waals surface area contributed by atoms with Crippen LogP contribution in [0, 0.1) is 17.1 Å². The van der Waals surface area contributed by atoms with Crippen molar-refractivity contribution in [3.8, 4) is 28.7 Å². The quantitative estimate of drug-likeness (QED) is 0.702. The first kappa shape index (κ1) is 12.1. The van der Waals surface area contributed by atoms with Gasteiger partial charge in [0.25, 0.3) is 0 Å². The molecule has 0 radical (unpaired) electrons. The average molecular weight is 264 g/mol. The number of halogens is 1. The van der Waals surface area contributed by atoms with Crippen LogP contribution in [-0.4, -0.2) is 4.98 Å². The van der Waals surface area contributed by atoms with Crippen molar-refractivity contribution in [3.05, 3.63) is 66.3 Å². The molecule has 0 amide bonds. The van der Waals surface area contributed by atoms with Crippen molar-refractivity contribution in [2.45, 2.75) is 0 Å². The zero-order valence-electron chi connectivity index (χ0n) is 10.4. The molecule has 0 bridgehead atoms. The van der Waals surface area contributed by atoms with E-state index in [0.717, 1.165) is 17.3 Å². The molecule has 4 heteroatoms. The summed E-state index contributed by atoms with van der Waals surface area (Å²) in [5, 5.41) is 8.94. The summed E-state index contributed by atoms with van der Waals surface area (Å²) in [6.07, 6.45) is 2.71. The summed E-state index contributed by atoms with van der Waals surface area (Å²) in [4.78, 5) is 4.05. The minimum absolute atomic E-state index is 0.384. The Morgan fingerprint density at radius 1 is 1.15 bits per heavy atom. The van der Waals surface area contributed by atoms with E-state index in [1.807, 2.05) is 6.07 Å². The third-order valence-corrected chi connectivity index (χ3v) is 2.92. The third-order valence-electron chi connectivity index (χ3n) is 2.92. The predicted octanol–water partition coefficient (Wildman–Crippen LogP) is 4.02. The maximum absolute atomic E-state index is 12.9. The molecule has 0 aliphatic heterocycles. The van der Waals surface area contributed by atoms with E-state index in [1.165, 1.54) is 6.07 Å². The molecule has 2 aromatic heterocycles. The molecule has 96 valence electrons. The number of benzene rings is 1. The highest BCUT2D eigenvalue weighted by molar-refractivity contribution is 5.78. The van der Waals surface area contributed by atoms with Gasteiger partial charge in [-0.2, -0.15) is 5.26 Å². The summed E-state index contributed by atoms with van der Waals surface area (Å²) in [6, 6.07) is 13.9. The Kier molecular flexibility index (Phi) is 3.02. The average Bonchev–Trinajstić information content (AvgIpc) is 2.97. The van der Waals surface area contributed by atoms with E-state index in [1.54, 1.807) is 36.6 Å². The number of pyridine rings is 1. The van der Waals surface area contributed by atoms with Gasteiger partial charge in [0, 0.05) is 11.1 Å². The molecule has 3 rings (SSSR count). The second-order valence-corrected chi connectivity index (χ2v) is 4.22. The number of furan rings is 1. The number of nitriles is 1. The normalized spacial score (nSPS) is 10.2. The highest BCUT2D eigenvalue weighted by atomic mass is 19.1. The van der Waals surface area contributed by atoms with Crippen LogP contribution in [0.3, 0.4) is 0 Å². The van der Waals surface area contributed by atoms with Crippen LogP contribution in [0.2, 0.25) is 0 Å². The first-order valence-electron chi connectivity index (χ1n) is 5.98. The van der Waals surface area contributed by atoms with Crippen molar-refractivity contribution in [1.82, 2.24) is 4.98 Å². The smallest absolute Gasteiger partial charge is 0.143 e. The zero-order chi connectivity index (χ0) is 13.9. The molecule has 1 aromatic carbocycles. The lowest BCUT2D eigenvalue weighted by Crippen LogP contribution is -1.86. The minimum atomic E-state index is -0.384.